The van der Waals surface area contributed by atoms with Crippen LogP contribution in [0.2, 0.25) is 0 Å². The summed E-state index contributed by atoms with van der Waals surface area (Å²) in [5, 5.41) is 14.6. The van der Waals surface area contributed by atoms with E-state index in [2.05, 4.69) is 24.1 Å². The highest BCUT2D eigenvalue weighted by Gasteiger charge is 2.28. The van der Waals surface area contributed by atoms with Gasteiger partial charge >= 0.3 is 5.69 Å². The van der Waals surface area contributed by atoms with Gasteiger partial charge in [-0.2, -0.15) is 0 Å². The summed E-state index contributed by atoms with van der Waals surface area (Å²) in [7, 11) is 1.46. The smallest absolute Gasteiger partial charge is 0.311 e. The Morgan fingerprint density at radius 3 is 2.46 bits per heavy atom. The van der Waals surface area contributed by atoms with Crippen LogP contribution in [0.4, 0.5) is 5.69 Å². The minimum atomic E-state index is -0.367. The Morgan fingerprint density at radius 2 is 1.96 bits per heavy atom. The number of rotatable bonds is 6. The van der Waals surface area contributed by atoms with E-state index in [1.54, 1.807) is 12.1 Å². The number of nitrogens with zero attached hydrogens (tertiary/aromatic N) is 2. The molecule has 0 amide bonds. The van der Waals surface area contributed by atoms with Gasteiger partial charge < -0.3 is 10.1 Å². The summed E-state index contributed by atoms with van der Waals surface area (Å²) in [5.41, 5.74) is 1.05. The molecule has 1 aromatic rings. The van der Waals surface area contributed by atoms with Crippen LogP contribution in [0.25, 0.3) is 0 Å². The molecule has 24 heavy (non-hydrogen) atoms. The zero-order valence-electron chi connectivity index (χ0n) is 14.4. The molecule has 0 bridgehead atoms. The molecule has 1 saturated heterocycles. The molecule has 0 radical (unpaired) electrons. The second-order valence-corrected chi connectivity index (χ2v) is 5.80. The number of piperazine rings is 1. The van der Waals surface area contributed by atoms with E-state index >= 15 is 0 Å². The van der Waals surface area contributed by atoms with Crippen LogP contribution in [0, 0.1) is 16.0 Å². The molecule has 2 rings (SSSR count). The molecule has 0 aliphatic carbocycles. The molecule has 0 aromatic heterocycles. The lowest BCUT2D eigenvalue weighted by molar-refractivity contribution is -0.385. The summed E-state index contributed by atoms with van der Waals surface area (Å²) in [5.74, 6) is 0.753. The first-order valence-corrected chi connectivity index (χ1v) is 7.85. The maximum absolute atomic E-state index is 11.3. The van der Waals surface area contributed by atoms with Gasteiger partial charge in [-0.05, 0) is 17.5 Å². The molecule has 2 atom stereocenters. The van der Waals surface area contributed by atoms with E-state index in [1.165, 1.54) is 7.11 Å². The molecular weight excluding hydrogens is 353 g/mol. The van der Waals surface area contributed by atoms with Crippen LogP contribution in [-0.2, 0) is 0 Å². The van der Waals surface area contributed by atoms with Crippen LogP contribution in [-0.4, -0.2) is 43.1 Å². The molecule has 8 heteroatoms. The van der Waals surface area contributed by atoms with Crippen LogP contribution in [0.3, 0.4) is 0 Å². The summed E-state index contributed by atoms with van der Waals surface area (Å²) < 4.78 is 5.11. The number of halogens is 2. The fourth-order valence-electron chi connectivity index (χ4n) is 3.12. The Hall–Kier alpha value is -1.08. The van der Waals surface area contributed by atoms with Gasteiger partial charge in [0, 0.05) is 38.3 Å². The second-order valence-electron chi connectivity index (χ2n) is 5.80. The lowest BCUT2D eigenvalue weighted by Crippen LogP contribution is -2.46. The molecule has 6 nitrogen and oxygen atoms in total. The maximum Gasteiger partial charge on any atom is 0.311 e. The molecule has 1 heterocycles. The molecule has 1 aliphatic heterocycles. The first-order valence-electron chi connectivity index (χ1n) is 7.85. The zero-order chi connectivity index (χ0) is 16.1. The minimum Gasteiger partial charge on any atom is -0.490 e. The van der Waals surface area contributed by atoms with E-state index in [-0.39, 0.29) is 41.5 Å². The van der Waals surface area contributed by atoms with Crippen molar-refractivity contribution in [1.82, 2.24) is 10.2 Å². The summed E-state index contributed by atoms with van der Waals surface area (Å²) in [6, 6.07) is 5.56. The Labute approximate surface area is 155 Å². The van der Waals surface area contributed by atoms with Crippen LogP contribution >= 0.6 is 24.8 Å². The van der Waals surface area contributed by atoms with Crippen molar-refractivity contribution in [2.24, 2.45) is 5.92 Å². The Balaban J connectivity index is 0.00000264. The third-order valence-electron chi connectivity index (χ3n) is 4.47. The van der Waals surface area contributed by atoms with Gasteiger partial charge in [-0.25, -0.2) is 0 Å². The topological polar surface area (TPSA) is 67.6 Å². The summed E-state index contributed by atoms with van der Waals surface area (Å²) in [4.78, 5) is 13.3. The molecule has 1 aromatic carbocycles. The van der Waals surface area contributed by atoms with Gasteiger partial charge in [0.25, 0.3) is 0 Å². The molecule has 138 valence electrons. The largest absolute Gasteiger partial charge is 0.490 e. The van der Waals surface area contributed by atoms with Crippen LogP contribution in [0.15, 0.2) is 18.2 Å². The van der Waals surface area contributed by atoms with Crippen molar-refractivity contribution in [2.75, 3.05) is 33.3 Å². The summed E-state index contributed by atoms with van der Waals surface area (Å²) in [6.07, 6.45) is 1.04. The molecule has 1 unspecified atom stereocenters. The molecule has 0 saturated carbocycles. The van der Waals surface area contributed by atoms with E-state index in [4.69, 9.17) is 4.74 Å². The van der Waals surface area contributed by atoms with E-state index in [1.807, 2.05) is 6.07 Å². The van der Waals surface area contributed by atoms with Gasteiger partial charge in [0.05, 0.1) is 12.0 Å². The van der Waals surface area contributed by atoms with E-state index in [0.29, 0.717) is 11.7 Å². The van der Waals surface area contributed by atoms with Crippen molar-refractivity contribution >= 4 is 30.5 Å². The third-order valence-corrected chi connectivity index (χ3v) is 4.47. The molecule has 1 N–H and O–H groups in total. The number of nitro groups is 1. The Bertz CT molecular complexity index is 525. The van der Waals surface area contributed by atoms with Crippen molar-refractivity contribution < 1.29 is 9.66 Å². The predicted octanol–water partition coefficient (Wildman–Crippen LogP) is 3.44. The first-order chi connectivity index (χ1) is 10.6. The number of nitrogens with one attached hydrogen (secondary N) is 1. The van der Waals surface area contributed by atoms with Crippen molar-refractivity contribution in [3.8, 4) is 5.75 Å². The van der Waals surface area contributed by atoms with Crippen molar-refractivity contribution in [3.05, 3.63) is 33.9 Å². The van der Waals surface area contributed by atoms with Gasteiger partial charge in [-0.15, -0.1) is 24.8 Å². The highest BCUT2D eigenvalue weighted by molar-refractivity contribution is 5.85. The highest BCUT2D eigenvalue weighted by Crippen LogP contribution is 2.36. The number of nitro benzene ring substituents is 1. The Morgan fingerprint density at radius 1 is 1.33 bits per heavy atom. The average molecular weight is 380 g/mol. The maximum atomic E-state index is 11.3. The quantitative estimate of drug-likeness (QED) is 0.605. The Kier molecular flexibility index (Phi) is 10.2. The SMILES string of the molecule is CCC(C)[C@H](c1ccc(OC)c([N+](=O)[O-])c1)N1CCNCC1.Cl.Cl. The normalized spacial score (nSPS) is 17.1. The van der Waals surface area contributed by atoms with Crippen molar-refractivity contribution in [1.29, 1.82) is 0 Å². The second kappa shape index (κ2) is 10.7. The van der Waals surface area contributed by atoms with Gasteiger partial charge in [-0.3, -0.25) is 15.0 Å². The number of benzene rings is 1. The fourth-order valence-corrected chi connectivity index (χ4v) is 3.12. The van der Waals surface area contributed by atoms with E-state index in [9.17, 15) is 10.1 Å². The predicted molar refractivity (Wildman–Crippen MR) is 101 cm³/mol. The van der Waals surface area contributed by atoms with Gasteiger partial charge in [0.2, 0.25) is 0 Å². The summed E-state index contributed by atoms with van der Waals surface area (Å²) in [6.45, 7) is 8.24. The lowest BCUT2D eigenvalue weighted by atomic mass is 9.90. The minimum absolute atomic E-state index is 0. The number of hydrogen-bond acceptors (Lipinski definition) is 5. The zero-order valence-corrected chi connectivity index (χ0v) is 16.0. The summed E-state index contributed by atoms with van der Waals surface area (Å²) >= 11 is 0. The van der Waals surface area contributed by atoms with Gasteiger partial charge in [-0.1, -0.05) is 26.3 Å². The van der Waals surface area contributed by atoms with Crippen LogP contribution in [0.5, 0.6) is 5.75 Å². The van der Waals surface area contributed by atoms with Crippen molar-refractivity contribution in [2.45, 2.75) is 26.3 Å². The third kappa shape index (κ3) is 5.21. The molecule has 1 aliphatic rings. The number of methoxy groups -OCH3 is 1. The van der Waals surface area contributed by atoms with E-state index in [0.717, 1.165) is 38.2 Å². The highest BCUT2D eigenvalue weighted by atomic mass is 35.5. The number of ether oxygens (including phenoxy) is 1. The van der Waals surface area contributed by atoms with Crippen molar-refractivity contribution in [3.63, 3.8) is 0 Å². The average Bonchev–Trinajstić information content (AvgIpc) is 2.55. The standard InChI is InChI=1S/C16H25N3O3.2ClH/c1-4-12(2)16(18-9-7-17-8-10-18)13-5-6-15(22-3)14(11-13)19(20)21;;/h5-6,11-12,16-17H,4,7-10H2,1-3H3;2*1H/t12?,16-;;/m1../s1. The molecular formula is C16H27Cl2N3O3. The van der Waals surface area contributed by atoms with Gasteiger partial charge in [0.1, 0.15) is 0 Å². The van der Waals surface area contributed by atoms with E-state index < -0.39 is 0 Å². The first kappa shape index (κ1) is 22.9. The van der Waals surface area contributed by atoms with Crippen LogP contribution < -0.4 is 10.1 Å². The molecule has 0 spiro atoms. The van der Waals surface area contributed by atoms with Crippen LogP contribution in [0.1, 0.15) is 31.9 Å². The molecule has 1 fully saturated rings. The van der Waals surface area contributed by atoms with Gasteiger partial charge in [0.15, 0.2) is 5.75 Å². The fraction of sp³-hybridized carbons (Fsp3) is 0.625. The monoisotopic (exact) mass is 379 g/mol. The lowest BCUT2D eigenvalue weighted by Gasteiger charge is -2.38. The number of hydrogen-bond donors (Lipinski definition) is 1.